The summed E-state index contributed by atoms with van der Waals surface area (Å²) in [6.45, 7) is 2.93. The minimum Gasteiger partial charge on any atom is -0.493 e. The third kappa shape index (κ3) is 5.24. The number of para-hydroxylation sites is 1. The summed E-state index contributed by atoms with van der Waals surface area (Å²) in [5.74, 6) is -4.15. The number of benzene rings is 3. The number of rotatable bonds is 9. The molecule has 1 N–H and O–H groups in total. The Labute approximate surface area is 174 Å². The zero-order valence-corrected chi connectivity index (χ0v) is 16.9. The Kier molecular flexibility index (Phi) is 6.52. The normalized spacial score (nSPS) is 12.7. The maximum atomic E-state index is 14.6. The molecule has 3 rings (SSSR count). The van der Waals surface area contributed by atoms with Gasteiger partial charge in [0.25, 0.3) is 15.9 Å². The first-order valence-corrected chi connectivity index (χ1v) is 10.7. The fourth-order valence-electron chi connectivity index (χ4n) is 2.90. The van der Waals surface area contributed by atoms with Gasteiger partial charge in [-0.2, -0.15) is 0 Å². The molecule has 30 heavy (non-hydrogen) atoms. The molecule has 0 fully saturated rings. The summed E-state index contributed by atoms with van der Waals surface area (Å²) >= 11 is 0. The molecule has 0 saturated heterocycles. The zero-order chi connectivity index (χ0) is 21.6. The smallest absolute Gasteiger partial charge is 0.276 e. The second-order valence-corrected chi connectivity index (χ2v) is 8.28. The first-order chi connectivity index (χ1) is 14.3. The van der Waals surface area contributed by atoms with Gasteiger partial charge >= 0.3 is 0 Å². The number of ether oxygens (including phenoxy) is 1. The van der Waals surface area contributed by atoms with E-state index in [1.807, 2.05) is 0 Å². The van der Waals surface area contributed by atoms with Crippen LogP contribution in [0.1, 0.15) is 11.5 Å². The van der Waals surface area contributed by atoms with Crippen molar-refractivity contribution in [3.8, 4) is 5.75 Å². The van der Waals surface area contributed by atoms with Crippen LogP contribution in [0.4, 0.5) is 14.5 Å². The Morgan fingerprint density at radius 2 is 1.60 bits per heavy atom. The van der Waals surface area contributed by atoms with Gasteiger partial charge in [-0.3, -0.25) is 4.72 Å². The van der Waals surface area contributed by atoms with Gasteiger partial charge in [0, 0.05) is 5.69 Å². The summed E-state index contributed by atoms with van der Waals surface area (Å²) in [6, 6.07) is 22.4. The minimum atomic E-state index is -3.84. The van der Waals surface area contributed by atoms with E-state index in [0.29, 0.717) is 11.8 Å². The molecular weight excluding hydrogens is 408 g/mol. The van der Waals surface area contributed by atoms with E-state index in [1.54, 1.807) is 48.5 Å². The maximum absolute atomic E-state index is 14.6. The van der Waals surface area contributed by atoms with E-state index in [2.05, 4.69) is 11.3 Å². The molecule has 0 amide bonds. The highest BCUT2D eigenvalue weighted by molar-refractivity contribution is 7.92. The van der Waals surface area contributed by atoms with E-state index in [9.17, 15) is 17.2 Å². The molecule has 0 saturated carbocycles. The minimum absolute atomic E-state index is 0.0794. The Bertz CT molecular complexity index is 1090. The largest absolute Gasteiger partial charge is 0.493 e. The average Bonchev–Trinajstić information content (AvgIpc) is 2.75. The van der Waals surface area contributed by atoms with Crippen LogP contribution < -0.4 is 9.46 Å². The van der Waals surface area contributed by atoms with Crippen LogP contribution >= 0.6 is 0 Å². The van der Waals surface area contributed by atoms with Gasteiger partial charge in [-0.15, -0.1) is 0 Å². The van der Waals surface area contributed by atoms with Gasteiger partial charge in [0.1, 0.15) is 12.4 Å². The molecule has 4 nitrogen and oxygen atoms in total. The van der Waals surface area contributed by atoms with Crippen LogP contribution in [0, 0.1) is 0 Å². The molecule has 0 bridgehead atoms. The lowest BCUT2D eigenvalue weighted by atomic mass is 9.93. The van der Waals surface area contributed by atoms with E-state index in [-0.39, 0.29) is 22.8 Å². The Balaban J connectivity index is 1.86. The second kappa shape index (κ2) is 9.09. The number of anilines is 1. The third-order valence-electron chi connectivity index (χ3n) is 4.49. The number of nitrogens with one attached hydrogen (secondary N) is 1. The van der Waals surface area contributed by atoms with Crippen molar-refractivity contribution in [1.82, 2.24) is 0 Å². The standard InChI is InChI=1S/C23H21F2NO3S/c1-2-23(24,25)22(17-29-20-12-5-3-6-13-20)18-10-9-11-19(16-18)26-30(27,28)21-14-7-4-8-15-21/h2-16,22,26H,1,17H2. The summed E-state index contributed by atoms with van der Waals surface area (Å²) in [6.07, 6.45) is 0.576. The molecule has 0 heterocycles. The summed E-state index contributed by atoms with van der Waals surface area (Å²) < 4.78 is 62.3. The second-order valence-electron chi connectivity index (χ2n) is 6.60. The van der Waals surface area contributed by atoms with E-state index in [0.717, 1.165) is 0 Å². The molecule has 3 aromatic carbocycles. The van der Waals surface area contributed by atoms with Crippen molar-refractivity contribution in [2.24, 2.45) is 0 Å². The molecule has 0 spiro atoms. The first-order valence-electron chi connectivity index (χ1n) is 9.19. The lowest BCUT2D eigenvalue weighted by molar-refractivity contribution is 0.00760. The zero-order valence-electron chi connectivity index (χ0n) is 16.0. The van der Waals surface area contributed by atoms with Crippen LogP contribution in [0.2, 0.25) is 0 Å². The lowest BCUT2D eigenvalue weighted by Crippen LogP contribution is -2.29. The Morgan fingerprint density at radius 1 is 0.967 bits per heavy atom. The topological polar surface area (TPSA) is 55.4 Å². The quantitative estimate of drug-likeness (QED) is 0.459. The SMILES string of the molecule is C=CC(F)(F)C(COc1ccccc1)c1cccc(NS(=O)(=O)c2ccccc2)c1. The lowest BCUT2D eigenvalue weighted by Gasteiger charge is -2.25. The summed E-state index contributed by atoms with van der Waals surface area (Å²) in [7, 11) is -3.84. The van der Waals surface area contributed by atoms with Gasteiger partial charge in [0.2, 0.25) is 0 Å². The van der Waals surface area contributed by atoms with Crippen molar-refractivity contribution < 1.29 is 21.9 Å². The van der Waals surface area contributed by atoms with Crippen LogP contribution in [0.5, 0.6) is 5.75 Å². The number of allylic oxidation sites excluding steroid dienone is 1. The molecule has 0 aromatic heterocycles. The first kappa shape index (κ1) is 21.5. The van der Waals surface area contributed by atoms with Crippen molar-refractivity contribution in [1.29, 1.82) is 0 Å². The molecule has 0 aliphatic heterocycles. The van der Waals surface area contributed by atoms with Crippen LogP contribution in [-0.4, -0.2) is 20.9 Å². The predicted molar refractivity (Wildman–Crippen MR) is 114 cm³/mol. The van der Waals surface area contributed by atoms with E-state index < -0.39 is 21.9 Å². The van der Waals surface area contributed by atoms with Crippen molar-refractivity contribution >= 4 is 15.7 Å². The molecule has 1 unspecified atom stereocenters. The van der Waals surface area contributed by atoms with Gasteiger partial charge in [0.15, 0.2) is 0 Å². The van der Waals surface area contributed by atoms with Crippen LogP contribution in [0.3, 0.4) is 0 Å². The van der Waals surface area contributed by atoms with E-state index in [1.165, 1.54) is 36.4 Å². The third-order valence-corrected chi connectivity index (χ3v) is 5.89. The van der Waals surface area contributed by atoms with Gasteiger partial charge in [-0.05, 0) is 48.0 Å². The van der Waals surface area contributed by atoms with E-state index >= 15 is 0 Å². The average molecular weight is 429 g/mol. The summed E-state index contributed by atoms with van der Waals surface area (Å²) in [5, 5.41) is 0. The molecule has 156 valence electrons. The number of hydrogen-bond donors (Lipinski definition) is 1. The van der Waals surface area contributed by atoms with Crippen molar-refractivity contribution in [2.45, 2.75) is 16.7 Å². The van der Waals surface area contributed by atoms with E-state index in [4.69, 9.17) is 4.74 Å². The molecule has 1 atom stereocenters. The number of hydrogen-bond acceptors (Lipinski definition) is 3. The molecule has 3 aromatic rings. The predicted octanol–water partition coefficient (Wildman–Crippen LogP) is 5.47. The highest BCUT2D eigenvalue weighted by Gasteiger charge is 2.38. The van der Waals surface area contributed by atoms with Gasteiger partial charge in [-0.25, -0.2) is 17.2 Å². The highest BCUT2D eigenvalue weighted by atomic mass is 32.2. The van der Waals surface area contributed by atoms with Crippen LogP contribution in [0.15, 0.2) is 102 Å². The molecule has 7 heteroatoms. The van der Waals surface area contributed by atoms with Gasteiger partial charge in [-0.1, -0.05) is 55.1 Å². The molecular formula is C23H21F2NO3S. The van der Waals surface area contributed by atoms with Gasteiger partial charge < -0.3 is 4.74 Å². The summed E-state index contributed by atoms with van der Waals surface area (Å²) in [5.41, 5.74) is 0.407. The fraction of sp³-hybridized carbons (Fsp3) is 0.130. The molecule has 0 radical (unpaired) electrons. The van der Waals surface area contributed by atoms with Crippen molar-refractivity contribution in [2.75, 3.05) is 11.3 Å². The number of alkyl halides is 2. The monoisotopic (exact) mass is 429 g/mol. The fourth-order valence-corrected chi connectivity index (χ4v) is 3.97. The maximum Gasteiger partial charge on any atom is 0.276 e. The van der Waals surface area contributed by atoms with Crippen molar-refractivity contribution in [3.05, 3.63) is 103 Å². The molecule has 0 aliphatic carbocycles. The Hall–Kier alpha value is -3.19. The van der Waals surface area contributed by atoms with Gasteiger partial charge in [0.05, 0.1) is 10.8 Å². The molecule has 0 aliphatic rings. The van der Waals surface area contributed by atoms with Crippen molar-refractivity contribution in [3.63, 3.8) is 0 Å². The van der Waals surface area contributed by atoms with Crippen LogP contribution in [-0.2, 0) is 10.0 Å². The number of halogens is 2. The summed E-state index contributed by atoms with van der Waals surface area (Å²) in [4.78, 5) is 0.0794. The Morgan fingerprint density at radius 3 is 2.23 bits per heavy atom. The highest BCUT2D eigenvalue weighted by Crippen LogP contribution is 2.36. The van der Waals surface area contributed by atoms with Crippen LogP contribution in [0.25, 0.3) is 0 Å². The number of sulfonamides is 1.